The molecule has 0 aliphatic heterocycles. The van der Waals surface area contributed by atoms with Gasteiger partial charge in [-0.1, -0.05) is 91.0 Å². The molecule has 0 atom stereocenters. The van der Waals surface area contributed by atoms with Gasteiger partial charge in [-0.3, -0.25) is 0 Å². The number of hydrogen-bond donors (Lipinski definition) is 0. The Hall–Kier alpha value is -4.83. The van der Waals surface area contributed by atoms with Gasteiger partial charge in [-0.25, -0.2) is 15.0 Å². The first-order valence-corrected chi connectivity index (χ1v) is 11.6. The number of rotatable bonds is 3. The van der Waals surface area contributed by atoms with E-state index in [0.717, 1.165) is 61.1 Å². The molecule has 4 aromatic carbocycles. The van der Waals surface area contributed by atoms with E-state index in [1.165, 1.54) is 0 Å². The van der Waals surface area contributed by atoms with Crippen molar-refractivity contribution in [1.82, 2.24) is 15.0 Å². The Bertz CT molecular complexity index is 1780. The molecular weight excluding hydrogens is 430 g/mol. The molecule has 3 aromatic heterocycles. The Balaban J connectivity index is 1.61. The van der Waals surface area contributed by atoms with E-state index in [1.54, 1.807) is 0 Å². The molecular formula is C31H19N3O. The van der Waals surface area contributed by atoms with Crippen LogP contribution >= 0.6 is 0 Å². The molecule has 0 saturated heterocycles. The second kappa shape index (κ2) is 7.89. The van der Waals surface area contributed by atoms with Crippen LogP contribution in [0.25, 0.3) is 66.9 Å². The number of aromatic nitrogens is 3. The molecule has 0 fully saturated rings. The van der Waals surface area contributed by atoms with Crippen molar-refractivity contribution in [1.29, 1.82) is 0 Å². The SMILES string of the molecule is c1ccc(-c2cc(-c3c4ccccc4nc4c3oc3ccccc34)nc(-c3ccccc3)n2)cc1. The number of pyridine rings is 1. The maximum absolute atomic E-state index is 6.41. The van der Waals surface area contributed by atoms with E-state index in [4.69, 9.17) is 19.4 Å². The van der Waals surface area contributed by atoms with Crippen LogP contribution in [0.5, 0.6) is 0 Å². The Labute approximate surface area is 201 Å². The van der Waals surface area contributed by atoms with Crippen LogP contribution in [0.4, 0.5) is 0 Å². The summed E-state index contributed by atoms with van der Waals surface area (Å²) in [5.41, 5.74) is 7.89. The minimum atomic E-state index is 0.673. The van der Waals surface area contributed by atoms with Crippen molar-refractivity contribution in [3.05, 3.63) is 115 Å². The highest BCUT2D eigenvalue weighted by Gasteiger charge is 2.20. The van der Waals surface area contributed by atoms with Crippen molar-refractivity contribution in [2.75, 3.05) is 0 Å². The van der Waals surface area contributed by atoms with E-state index in [9.17, 15) is 0 Å². The summed E-state index contributed by atoms with van der Waals surface area (Å²) in [5.74, 6) is 0.673. The lowest BCUT2D eigenvalue weighted by atomic mass is 10.0. The predicted molar refractivity (Wildman–Crippen MR) is 141 cm³/mol. The summed E-state index contributed by atoms with van der Waals surface area (Å²) < 4.78 is 6.41. The molecule has 4 nitrogen and oxygen atoms in total. The average molecular weight is 450 g/mol. The summed E-state index contributed by atoms with van der Waals surface area (Å²) in [6.45, 7) is 0. The van der Waals surface area contributed by atoms with Crippen molar-refractivity contribution >= 4 is 33.0 Å². The van der Waals surface area contributed by atoms with E-state index in [1.807, 2.05) is 84.9 Å². The van der Waals surface area contributed by atoms with Gasteiger partial charge in [0.05, 0.1) is 22.5 Å². The fourth-order valence-corrected chi connectivity index (χ4v) is 4.64. The summed E-state index contributed by atoms with van der Waals surface area (Å²) in [5, 5.41) is 1.99. The summed E-state index contributed by atoms with van der Waals surface area (Å²) in [4.78, 5) is 15.0. The number of furan rings is 1. The van der Waals surface area contributed by atoms with Crippen LogP contribution in [-0.4, -0.2) is 15.0 Å². The number of nitrogens with zero attached hydrogens (tertiary/aromatic N) is 3. The smallest absolute Gasteiger partial charge is 0.163 e. The quantitative estimate of drug-likeness (QED) is 0.275. The van der Waals surface area contributed by atoms with Gasteiger partial charge in [-0.05, 0) is 24.3 Å². The Morgan fingerprint density at radius 2 is 1.14 bits per heavy atom. The second-order valence-electron chi connectivity index (χ2n) is 8.47. The normalized spacial score (nSPS) is 11.4. The lowest BCUT2D eigenvalue weighted by Crippen LogP contribution is -1.97. The standard InChI is InChI=1S/C31H19N3O/c1-3-11-20(12-4-1)25-19-26(34-31(33-25)21-13-5-2-6-14-21)28-22-15-7-9-17-24(22)32-29-23-16-8-10-18-27(23)35-30(28)29/h1-19H. The monoisotopic (exact) mass is 449 g/mol. The number of fused-ring (bicyclic) bond motifs is 4. The Kier molecular flexibility index (Phi) is 4.42. The first-order chi connectivity index (χ1) is 17.3. The fourth-order valence-electron chi connectivity index (χ4n) is 4.64. The summed E-state index contributed by atoms with van der Waals surface area (Å²) >= 11 is 0. The molecule has 164 valence electrons. The van der Waals surface area contributed by atoms with Gasteiger partial charge in [0.25, 0.3) is 0 Å². The van der Waals surface area contributed by atoms with Gasteiger partial charge < -0.3 is 4.42 Å². The number of para-hydroxylation sites is 2. The van der Waals surface area contributed by atoms with E-state index in [0.29, 0.717) is 5.82 Å². The predicted octanol–water partition coefficient (Wildman–Crippen LogP) is 7.93. The van der Waals surface area contributed by atoms with Crippen molar-refractivity contribution in [2.45, 2.75) is 0 Å². The average Bonchev–Trinajstić information content (AvgIpc) is 3.30. The van der Waals surface area contributed by atoms with Crippen LogP contribution in [0.3, 0.4) is 0 Å². The van der Waals surface area contributed by atoms with Crippen LogP contribution < -0.4 is 0 Å². The van der Waals surface area contributed by atoms with Crippen molar-refractivity contribution < 1.29 is 4.42 Å². The van der Waals surface area contributed by atoms with Crippen LogP contribution in [-0.2, 0) is 0 Å². The summed E-state index contributed by atoms with van der Waals surface area (Å²) in [7, 11) is 0. The lowest BCUT2D eigenvalue weighted by molar-refractivity contribution is 0.669. The van der Waals surface area contributed by atoms with Gasteiger partial charge in [-0.2, -0.15) is 0 Å². The minimum Gasteiger partial charge on any atom is -0.454 e. The van der Waals surface area contributed by atoms with E-state index >= 15 is 0 Å². The minimum absolute atomic E-state index is 0.673. The zero-order valence-electron chi connectivity index (χ0n) is 18.7. The molecule has 4 heteroatoms. The van der Waals surface area contributed by atoms with Crippen LogP contribution in [0.2, 0.25) is 0 Å². The summed E-state index contributed by atoms with van der Waals surface area (Å²) in [6.07, 6.45) is 0. The molecule has 0 aliphatic rings. The highest BCUT2D eigenvalue weighted by Crippen LogP contribution is 2.40. The molecule has 0 radical (unpaired) electrons. The molecule has 0 amide bonds. The first kappa shape index (κ1) is 19.6. The largest absolute Gasteiger partial charge is 0.454 e. The number of hydrogen-bond acceptors (Lipinski definition) is 4. The zero-order chi connectivity index (χ0) is 23.2. The molecule has 7 rings (SSSR count). The number of benzene rings is 4. The molecule has 0 unspecified atom stereocenters. The van der Waals surface area contributed by atoms with Gasteiger partial charge in [0.15, 0.2) is 11.4 Å². The van der Waals surface area contributed by atoms with Gasteiger partial charge in [0.1, 0.15) is 11.1 Å². The van der Waals surface area contributed by atoms with Crippen molar-refractivity contribution in [3.63, 3.8) is 0 Å². The molecule has 0 aliphatic carbocycles. The van der Waals surface area contributed by atoms with Crippen LogP contribution in [0, 0.1) is 0 Å². The summed E-state index contributed by atoms with van der Waals surface area (Å²) in [6, 6.07) is 38.5. The van der Waals surface area contributed by atoms with Crippen molar-refractivity contribution in [2.24, 2.45) is 0 Å². The van der Waals surface area contributed by atoms with Gasteiger partial charge in [0.2, 0.25) is 0 Å². The van der Waals surface area contributed by atoms with E-state index in [2.05, 4.69) is 30.3 Å². The molecule has 0 spiro atoms. The third-order valence-corrected chi connectivity index (χ3v) is 6.29. The van der Waals surface area contributed by atoms with Gasteiger partial charge in [-0.15, -0.1) is 0 Å². The van der Waals surface area contributed by atoms with Crippen molar-refractivity contribution in [3.8, 4) is 33.9 Å². The zero-order valence-corrected chi connectivity index (χ0v) is 18.7. The Morgan fingerprint density at radius 3 is 1.94 bits per heavy atom. The van der Waals surface area contributed by atoms with E-state index in [-0.39, 0.29) is 0 Å². The highest BCUT2D eigenvalue weighted by atomic mass is 16.3. The lowest BCUT2D eigenvalue weighted by Gasteiger charge is -2.11. The Morgan fingerprint density at radius 1 is 0.514 bits per heavy atom. The first-order valence-electron chi connectivity index (χ1n) is 11.6. The van der Waals surface area contributed by atoms with Crippen LogP contribution in [0.1, 0.15) is 0 Å². The molecule has 7 aromatic rings. The third kappa shape index (κ3) is 3.27. The van der Waals surface area contributed by atoms with E-state index < -0.39 is 0 Å². The molecule has 3 heterocycles. The van der Waals surface area contributed by atoms with Gasteiger partial charge >= 0.3 is 0 Å². The highest BCUT2D eigenvalue weighted by molar-refractivity contribution is 6.14. The second-order valence-corrected chi connectivity index (χ2v) is 8.47. The molecule has 0 saturated carbocycles. The topological polar surface area (TPSA) is 51.8 Å². The fraction of sp³-hybridized carbons (Fsp3) is 0. The molecule has 0 N–H and O–H groups in total. The maximum Gasteiger partial charge on any atom is 0.163 e. The third-order valence-electron chi connectivity index (χ3n) is 6.29. The van der Waals surface area contributed by atoms with Crippen LogP contribution in [0.15, 0.2) is 120 Å². The molecule has 0 bridgehead atoms. The maximum atomic E-state index is 6.41. The van der Waals surface area contributed by atoms with Gasteiger partial charge in [0, 0.05) is 21.9 Å². The molecule has 35 heavy (non-hydrogen) atoms.